The normalized spacial score (nSPS) is 17.8. The minimum absolute atomic E-state index is 0.535. The fourth-order valence-corrected chi connectivity index (χ4v) is 4.87. The van der Waals surface area contributed by atoms with E-state index in [1.54, 1.807) is 6.07 Å². The highest BCUT2D eigenvalue weighted by atomic mass is 35.5. The minimum Gasteiger partial charge on any atom is -0.460 e. The molecule has 2 aromatic heterocycles. The third kappa shape index (κ3) is 4.27. The van der Waals surface area contributed by atoms with E-state index in [1.165, 1.54) is 43.4 Å². The van der Waals surface area contributed by atoms with Crippen LogP contribution in [0.2, 0.25) is 10.0 Å². The molecule has 3 aromatic rings. The second-order valence-corrected chi connectivity index (χ2v) is 9.20. The van der Waals surface area contributed by atoms with Crippen LogP contribution in [0.25, 0.3) is 11.3 Å². The van der Waals surface area contributed by atoms with Crippen LogP contribution in [0.15, 0.2) is 40.9 Å². The number of hydrogen-bond acceptors (Lipinski definition) is 4. The molecule has 0 unspecified atom stereocenters. The summed E-state index contributed by atoms with van der Waals surface area (Å²) in [5.41, 5.74) is 3.41. The van der Waals surface area contributed by atoms with Crippen LogP contribution < -0.4 is 0 Å². The Hall–Kier alpha value is -1.88. The van der Waals surface area contributed by atoms with Crippen LogP contribution in [0.4, 0.5) is 0 Å². The zero-order valence-electron chi connectivity index (χ0n) is 16.9. The van der Waals surface area contributed by atoms with Crippen molar-refractivity contribution in [3.8, 4) is 11.3 Å². The van der Waals surface area contributed by atoms with Crippen LogP contribution in [0.1, 0.15) is 60.9 Å². The van der Waals surface area contributed by atoms with Crippen molar-refractivity contribution in [3.63, 3.8) is 0 Å². The summed E-state index contributed by atoms with van der Waals surface area (Å²) in [4.78, 5) is 12.1. The van der Waals surface area contributed by atoms with E-state index in [-0.39, 0.29) is 0 Å². The highest BCUT2D eigenvalue weighted by Crippen LogP contribution is 2.32. The van der Waals surface area contributed by atoms with Gasteiger partial charge in [-0.1, -0.05) is 42.5 Å². The molecule has 1 saturated carbocycles. The molecule has 30 heavy (non-hydrogen) atoms. The fraction of sp³-hybridized carbons (Fsp3) is 0.417. The molecule has 0 radical (unpaired) electrons. The lowest BCUT2D eigenvalue weighted by Gasteiger charge is -2.28. The highest BCUT2D eigenvalue weighted by Gasteiger charge is 2.23. The molecule has 0 atom stereocenters. The van der Waals surface area contributed by atoms with E-state index in [0.29, 0.717) is 16.0 Å². The Balaban J connectivity index is 1.25. The number of rotatable bonds is 4. The lowest BCUT2D eigenvalue weighted by atomic mass is 9.88. The third-order valence-electron chi connectivity index (χ3n) is 6.25. The van der Waals surface area contributed by atoms with E-state index in [9.17, 15) is 0 Å². The number of aromatic nitrogens is 2. The average molecular weight is 442 g/mol. The Labute approximate surface area is 187 Å². The molecule has 1 fully saturated rings. The van der Waals surface area contributed by atoms with Gasteiger partial charge in [0.2, 0.25) is 0 Å². The summed E-state index contributed by atoms with van der Waals surface area (Å²) < 4.78 is 6.08. The Bertz CT molecular complexity index is 1040. The first-order chi connectivity index (χ1) is 14.7. The van der Waals surface area contributed by atoms with Crippen LogP contribution in [-0.2, 0) is 19.5 Å². The summed E-state index contributed by atoms with van der Waals surface area (Å²) in [5, 5.41) is 1.08. The maximum Gasteiger partial charge on any atom is 0.134 e. The van der Waals surface area contributed by atoms with Crippen LogP contribution >= 0.6 is 23.2 Å². The molecule has 1 aliphatic heterocycles. The van der Waals surface area contributed by atoms with Crippen LogP contribution in [-0.4, -0.2) is 21.4 Å². The molecular formula is C24H25Cl2N3O. The molecule has 6 heteroatoms. The summed E-state index contributed by atoms with van der Waals surface area (Å²) in [6.07, 6.45) is 9.49. The van der Waals surface area contributed by atoms with Gasteiger partial charge in [0.15, 0.2) is 0 Å². The van der Waals surface area contributed by atoms with Crippen LogP contribution in [0, 0.1) is 0 Å². The lowest BCUT2D eigenvalue weighted by Crippen LogP contribution is -2.31. The van der Waals surface area contributed by atoms with E-state index in [1.807, 2.05) is 24.3 Å². The first-order valence-electron chi connectivity index (χ1n) is 10.8. The van der Waals surface area contributed by atoms with E-state index in [2.05, 4.69) is 11.1 Å². The average Bonchev–Trinajstić information content (AvgIpc) is 3.24. The largest absolute Gasteiger partial charge is 0.460 e. The van der Waals surface area contributed by atoms with Gasteiger partial charge in [-0.3, -0.25) is 4.90 Å². The number of halogens is 2. The molecule has 0 amide bonds. The van der Waals surface area contributed by atoms with Gasteiger partial charge in [0.25, 0.3) is 0 Å². The molecule has 5 rings (SSSR count). The predicted octanol–water partition coefficient (Wildman–Crippen LogP) is 6.65. The van der Waals surface area contributed by atoms with Crippen molar-refractivity contribution in [3.05, 3.63) is 69.4 Å². The summed E-state index contributed by atoms with van der Waals surface area (Å²) in [6.45, 7) is 2.62. The monoisotopic (exact) mass is 441 g/mol. The zero-order valence-corrected chi connectivity index (χ0v) is 18.4. The SMILES string of the molecule is Clc1ccc(-c2ccc(CN3CCc4nc(C5CCCCC5)ncc4C3)o2)cc1Cl. The summed E-state index contributed by atoms with van der Waals surface area (Å²) in [6, 6.07) is 9.59. The van der Waals surface area contributed by atoms with E-state index >= 15 is 0 Å². The number of furan rings is 1. The Morgan fingerprint density at radius 1 is 1.03 bits per heavy atom. The van der Waals surface area contributed by atoms with Crippen molar-refractivity contribution in [2.75, 3.05) is 6.54 Å². The topological polar surface area (TPSA) is 42.2 Å². The summed E-state index contributed by atoms with van der Waals surface area (Å²) in [7, 11) is 0. The highest BCUT2D eigenvalue weighted by molar-refractivity contribution is 6.42. The molecule has 3 heterocycles. The van der Waals surface area contributed by atoms with Gasteiger partial charge in [0, 0.05) is 48.4 Å². The van der Waals surface area contributed by atoms with Gasteiger partial charge in [-0.05, 0) is 43.2 Å². The van der Waals surface area contributed by atoms with Crippen molar-refractivity contribution in [2.24, 2.45) is 0 Å². The smallest absolute Gasteiger partial charge is 0.134 e. The standard InChI is InChI=1S/C24H25Cl2N3O/c25-20-8-6-17(12-21(20)26)23-9-7-19(30-23)15-29-11-10-22-18(14-29)13-27-24(28-22)16-4-2-1-3-5-16/h6-9,12-13,16H,1-5,10-11,14-15H2. The number of fused-ring (bicyclic) bond motifs is 1. The number of nitrogens with zero attached hydrogens (tertiary/aromatic N) is 3. The van der Waals surface area contributed by atoms with Gasteiger partial charge < -0.3 is 4.42 Å². The first kappa shape index (κ1) is 20.0. The molecule has 0 bridgehead atoms. The first-order valence-corrected chi connectivity index (χ1v) is 11.5. The lowest BCUT2D eigenvalue weighted by molar-refractivity contribution is 0.224. The Kier molecular flexibility index (Phi) is 5.81. The second-order valence-electron chi connectivity index (χ2n) is 8.39. The molecular weight excluding hydrogens is 417 g/mol. The van der Waals surface area contributed by atoms with Crippen LogP contribution in [0.5, 0.6) is 0 Å². The van der Waals surface area contributed by atoms with Crippen LogP contribution in [0.3, 0.4) is 0 Å². The Morgan fingerprint density at radius 3 is 2.73 bits per heavy atom. The van der Waals surface area contributed by atoms with Gasteiger partial charge >= 0.3 is 0 Å². The summed E-state index contributed by atoms with van der Waals surface area (Å²) >= 11 is 12.2. The molecule has 1 aliphatic carbocycles. The fourth-order valence-electron chi connectivity index (χ4n) is 4.57. The second kappa shape index (κ2) is 8.70. The minimum atomic E-state index is 0.535. The van der Waals surface area contributed by atoms with Crippen molar-refractivity contribution in [2.45, 2.75) is 57.5 Å². The van der Waals surface area contributed by atoms with Crippen molar-refractivity contribution < 1.29 is 4.42 Å². The van der Waals surface area contributed by atoms with Gasteiger partial charge in [-0.25, -0.2) is 9.97 Å². The molecule has 2 aliphatic rings. The molecule has 0 N–H and O–H groups in total. The molecule has 0 spiro atoms. The quantitative estimate of drug-likeness (QED) is 0.454. The van der Waals surface area contributed by atoms with Crippen molar-refractivity contribution in [1.29, 1.82) is 0 Å². The third-order valence-corrected chi connectivity index (χ3v) is 6.99. The van der Waals surface area contributed by atoms with Gasteiger partial charge in [-0.15, -0.1) is 0 Å². The number of hydrogen-bond donors (Lipinski definition) is 0. The maximum atomic E-state index is 6.14. The summed E-state index contributed by atoms with van der Waals surface area (Å²) in [5.74, 6) is 3.38. The number of benzene rings is 1. The van der Waals surface area contributed by atoms with Gasteiger partial charge in [0.05, 0.1) is 16.6 Å². The van der Waals surface area contributed by atoms with E-state index < -0.39 is 0 Å². The van der Waals surface area contributed by atoms with E-state index in [0.717, 1.165) is 49.0 Å². The maximum absolute atomic E-state index is 6.14. The molecule has 0 saturated heterocycles. The molecule has 156 valence electrons. The molecule has 1 aromatic carbocycles. The van der Waals surface area contributed by atoms with Gasteiger partial charge in [-0.2, -0.15) is 0 Å². The van der Waals surface area contributed by atoms with Crippen molar-refractivity contribution in [1.82, 2.24) is 14.9 Å². The Morgan fingerprint density at radius 2 is 1.90 bits per heavy atom. The van der Waals surface area contributed by atoms with Gasteiger partial charge in [0.1, 0.15) is 17.3 Å². The molecule has 4 nitrogen and oxygen atoms in total. The van der Waals surface area contributed by atoms with Crippen molar-refractivity contribution >= 4 is 23.2 Å². The predicted molar refractivity (Wildman–Crippen MR) is 120 cm³/mol. The zero-order chi connectivity index (χ0) is 20.5. The van der Waals surface area contributed by atoms with E-state index in [4.69, 9.17) is 37.6 Å².